The van der Waals surface area contributed by atoms with Gasteiger partial charge in [0.2, 0.25) is 0 Å². The van der Waals surface area contributed by atoms with Crippen molar-refractivity contribution < 1.29 is 4.79 Å². The van der Waals surface area contributed by atoms with E-state index in [1.54, 1.807) is 6.21 Å². The highest BCUT2D eigenvalue weighted by Crippen LogP contribution is 2.26. The van der Waals surface area contributed by atoms with Gasteiger partial charge < -0.3 is 4.57 Å². The molecule has 1 N–H and O–H groups in total. The molecule has 0 saturated carbocycles. The summed E-state index contributed by atoms with van der Waals surface area (Å²) in [6.45, 7) is 11.6. The van der Waals surface area contributed by atoms with E-state index in [4.69, 9.17) is 0 Å². The molecule has 1 aliphatic heterocycles. The zero-order chi connectivity index (χ0) is 28.1. The van der Waals surface area contributed by atoms with Gasteiger partial charge in [0.1, 0.15) is 0 Å². The Labute approximate surface area is 238 Å². The third kappa shape index (κ3) is 6.43. The number of rotatable bonds is 8. The Bertz CT molecular complexity index is 1460. The fraction of sp³-hybridized carbons (Fsp3) is 0.314. The van der Waals surface area contributed by atoms with E-state index in [2.05, 4.69) is 114 Å². The van der Waals surface area contributed by atoms with Gasteiger partial charge in [0, 0.05) is 29.1 Å². The highest BCUT2D eigenvalue weighted by Gasteiger charge is 2.20. The highest BCUT2D eigenvalue weighted by atomic mass is 16.2. The standard InChI is InChI=1S/C35H40N4O/c1-25-9-8-10-26(2)34(25)39-27(3)21-33(28(39)4)23-36-37-35(40)32-15-13-31(14-16-32)24-38-19-17-30(18-20-38)22-29-11-6-5-7-12-29/h5-16,21,23,30H,17-20,22,24H2,1-4H3,(H,37,40)/b36-23-. The van der Waals surface area contributed by atoms with E-state index in [9.17, 15) is 4.79 Å². The van der Waals surface area contributed by atoms with E-state index in [1.165, 1.54) is 47.2 Å². The molecule has 1 fully saturated rings. The van der Waals surface area contributed by atoms with Gasteiger partial charge in [-0.3, -0.25) is 9.69 Å². The molecule has 1 saturated heterocycles. The summed E-state index contributed by atoms with van der Waals surface area (Å²) in [5.74, 6) is 0.566. The summed E-state index contributed by atoms with van der Waals surface area (Å²) >= 11 is 0. The minimum absolute atomic E-state index is 0.201. The van der Waals surface area contributed by atoms with E-state index >= 15 is 0 Å². The van der Waals surface area contributed by atoms with Crippen molar-refractivity contribution in [3.8, 4) is 5.69 Å². The molecule has 40 heavy (non-hydrogen) atoms. The predicted molar refractivity (Wildman–Crippen MR) is 164 cm³/mol. The van der Waals surface area contributed by atoms with Crippen LogP contribution in [0.5, 0.6) is 0 Å². The molecule has 5 heteroatoms. The maximum Gasteiger partial charge on any atom is 0.271 e. The first-order chi connectivity index (χ1) is 19.4. The SMILES string of the molecule is Cc1cccc(C)c1-n1c(C)cc(/C=N\NC(=O)c2ccc(CN3CCC(Cc4ccccc4)CC3)cc2)c1C. The van der Waals surface area contributed by atoms with Crippen molar-refractivity contribution in [1.29, 1.82) is 0 Å². The first kappa shape index (κ1) is 27.6. The Morgan fingerprint density at radius 3 is 2.23 bits per heavy atom. The van der Waals surface area contributed by atoms with E-state index in [-0.39, 0.29) is 5.91 Å². The van der Waals surface area contributed by atoms with E-state index in [0.29, 0.717) is 5.56 Å². The number of nitrogens with one attached hydrogen (secondary N) is 1. The van der Waals surface area contributed by atoms with Crippen LogP contribution in [-0.2, 0) is 13.0 Å². The van der Waals surface area contributed by atoms with Gasteiger partial charge in [-0.15, -0.1) is 0 Å². The molecule has 3 aromatic carbocycles. The number of piperidine rings is 1. The Morgan fingerprint density at radius 1 is 0.875 bits per heavy atom. The number of para-hydroxylation sites is 1. The topological polar surface area (TPSA) is 49.6 Å². The van der Waals surface area contributed by atoms with Gasteiger partial charge in [-0.25, -0.2) is 5.43 Å². The van der Waals surface area contributed by atoms with Crippen LogP contribution in [0.1, 0.15) is 62.4 Å². The Kier molecular flexibility index (Phi) is 8.61. The number of aryl methyl sites for hydroxylation is 3. The summed E-state index contributed by atoms with van der Waals surface area (Å²) in [7, 11) is 0. The van der Waals surface area contributed by atoms with Crippen molar-refractivity contribution >= 4 is 12.1 Å². The predicted octanol–water partition coefficient (Wildman–Crippen LogP) is 6.93. The normalized spacial score (nSPS) is 14.6. The molecule has 2 heterocycles. The van der Waals surface area contributed by atoms with Gasteiger partial charge in [0.05, 0.1) is 11.9 Å². The van der Waals surface area contributed by atoms with Crippen molar-refractivity contribution in [2.45, 2.75) is 53.5 Å². The van der Waals surface area contributed by atoms with Crippen LogP contribution in [0.15, 0.2) is 84.0 Å². The van der Waals surface area contributed by atoms with Crippen molar-refractivity contribution in [1.82, 2.24) is 14.9 Å². The minimum Gasteiger partial charge on any atom is -0.317 e. The van der Waals surface area contributed by atoms with Gasteiger partial charge in [0.25, 0.3) is 5.91 Å². The van der Waals surface area contributed by atoms with Crippen molar-refractivity contribution in [3.05, 3.63) is 124 Å². The Hall–Kier alpha value is -3.96. The van der Waals surface area contributed by atoms with Crippen LogP contribution in [0.2, 0.25) is 0 Å². The van der Waals surface area contributed by atoms with Crippen molar-refractivity contribution in [2.24, 2.45) is 11.0 Å². The van der Waals surface area contributed by atoms with Crippen LogP contribution in [0.4, 0.5) is 0 Å². The summed E-state index contributed by atoms with van der Waals surface area (Å²) < 4.78 is 2.26. The lowest BCUT2D eigenvalue weighted by molar-refractivity contribution is 0.0955. The Morgan fingerprint density at radius 2 is 1.55 bits per heavy atom. The average Bonchev–Trinajstić information content (AvgIpc) is 3.23. The molecule has 1 aliphatic rings. The smallest absolute Gasteiger partial charge is 0.271 e. The summed E-state index contributed by atoms with van der Waals surface area (Å²) in [5, 5.41) is 4.28. The Balaban J connectivity index is 1.13. The third-order valence-corrected chi connectivity index (χ3v) is 8.20. The number of hydrogen-bond acceptors (Lipinski definition) is 3. The van der Waals surface area contributed by atoms with E-state index < -0.39 is 0 Å². The van der Waals surface area contributed by atoms with Crippen LogP contribution >= 0.6 is 0 Å². The van der Waals surface area contributed by atoms with Gasteiger partial charge in [0.15, 0.2) is 0 Å². The number of amides is 1. The van der Waals surface area contributed by atoms with Crippen LogP contribution in [0.25, 0.3) is 5.69 Å². The summed E-state index contributed by atoms with van der Waals surface area (Å²) in [6, 6.07) is 27.2. The molecule has 0 aliphatic carbocycles. The second-order valence-electron chi connectivity index (χ2n) is 11.2. The van der Waals surface area contributed by atoms with Crippen LogP contribution in [-0.4, -0.2) is 34.7 Å². The molecule has 5 rings (SSSR count). The largest absolute Gasteiger partial charge is 0.317 e. The maximum atomic E-state index is 12.7. The third-order valence-electron chi connectivity index (χ3n) is 8.20. The zero-order valence-corrected chi connectivity index (χ0v) is 24.2. The van der Waals surface area contributed by atoms with Crippen molar-refractivity contribution in [2.75, 3.05) is 13.1 Å². The molecule has 0 bridgehead atoms. The number of hydrazone groups is 1. The molecule has 4 aromatic rings. The minimum atomic E-state index is -0.201. The molecule has 0 atom stereocenters. The van der Waals surface area contributed by atoms with Gasteiger partial charge in [-0.1, -0.05) is 60.7 Å². The summed E-state index contributed by atoms with van der Waals surface area (Å²) in [5.41, 5.74) is 12.9. The number of benzene rings is 3. The van der Waals surface area contributed by atoms with Gasteiger partial charge >= 0.3 is 0 Å². The lowest BCUT2D eigenvalue weighted by Crippen LogP contribution is -2.33. The molecule has 1 amide bonds. The molecular weight excluding hydrogens is 492 g/mol. The number of carbonyl (C=O) groups is 1. The first-order valence-corrected chi connectivity index (χ1v) is 14.3. The fourth-order valence-corrected chi connectivity index (χ4v) is 5.96. The van der Waals surface area contributed by atoms with E-state index in [0.717, 1.165) is 42.5 Å². The number of hydrogen-bond donors (Lipinski definition) is 1. The average molecular weight is 533 g/mol. The zero-order valence-electron chi connectivity index (χ0n) is 24.2. The quantitative estimate of drug-likeness (QED) is 0.198. The number of aromatic nitrogens is 1. The van der Waals surface area contributed by atoms with Crippen molar-refractivity contribution in [3.63, 3.8) is 0 Å². The molecular formula is C35H40N4O. The fourth-order valence-electron chi connectivity index (χ4n) is 5.96. The molecule has 5 nitrogen and oxygen atoms in total. The molecule has 1 aromatic heterocycles. The van der Waals surface area contributed by atoms with Crippen LogP contribution in [0.3, 0.4) is 0 Å². The lowest BCUT2D eigenvalue weighted by atomic mass is 9.90. The summed E-state index contributed by atoms with van der Waals surface area (Å²) in [6.07, 6.45) is 5.39. The monoisotopic (exact) mass is 532 g/mol. The second kappa shape index (κ2) is 12.5. The number of likely N-dealkylation sites (tertiary alicyclic amines) is 1. The molecule has 206 valence electrons. The maximum absolute atomic E-state index is 12.7. The molecule has 0 unspecified atom stereocenters. The second-order valence-corrected chi connectivity index (χ2v) is 11.2. The van der Waals surface area contributed by atoms with Crippen LogP contribution in [0, 0.1) is 33.6 Å². The number of nitrogens with zero attached hydrogens (tertiary/aromatic N) is 3. The number of carbonyl (C=O) groups excluding carboxylic acids is 1. The lowest BCUT2D eigenvalue weighted by Gasteiger charge is -2.32. The summed E-state index contributed by atoms with van der Waals surface area (Å²) in [4.78, 5) is 15.3. The first-order valence-electron chi connectivity index (χ1n) is 14.3. The van der Waals surface area contributed by atoms with Crippen LogP contribution < -0.4 is 5.43 Å². The highest BCUT2D eigenvalue weighted by molar-refractivity contribution is 5.95. The molecule has 0 spiro atoms. The van der Waals surface area contributed by atoms with E-state index in [1.807, 2.05) is 12.1 Å². The van der Waals surface area contributed by atoms with Gasteiger partial charge in [-0.05, 0) is 106 Å². The molecule has 0 radical (unpaired) electrons. The van der Waals surface area contributed by atoms with Gasteiger partial charge in [-0.2, -0.15) is 5.10 Å².